The summed E-state index contributed by atoms with van der Waals surface area (Å²) in [5.74, 6) is -0.352. The third-order valence-electron chi connectivity index (χ3n) is 3.50. The van der Waals surface area contributed by atoms with Crippen molar-refractivity contribution >= 4 is 11.9 Å². The maximum atomic E-state index is 12.5. The zero-order valence-electron chi connectivity index (χ0n) is 12.1. The van der Waals surface area contributed by atoms with Crippen molar-refractivity contribution in [2.75, 3.05) is 13.2 Å². The Hall–Kier alpha value is -1.84. The Balaban J connectivity index is 2.10. The number of aryl methyl sites for hydroxylation is 1. The minimum atomic E-state index is -0.422. The number of hydrogen-bond acceptors (Lipinski definition) is 3. The number of nitrogens with zero attached hydrogens (tertiary/aromatic N) is 1. The van der Waals surface area contributed by atoms with Crippen molar-refractivity contribution < 1.29 is 14.3 Å². The van der Waals surface area contributed by atoms with Crippen LogP contribution in [0.15, 0.2) is 24.3 Å². The average molecular weight is 275 g/mol. The van der Waals surface area contributed by atoms with Crippen LogP contribution in [0.4, 0.5) is 0 Å². The number of carbonyl (C=O) groups is 2. The molecule has 0 bridgehead atoms. The van der Waals surface area contributed by atoms with E-state index in [4.69, 9.17) is 4.74 Å². The molecule has 1 fully saturated rings. The Morgan fingerprint density at radius 2 is 2.20 bits per heavy atom. The summed E-state index contributed by atoms with van der Waals surface area (Å²) >= 11 is 0. The largest absolute Gasteiger partial charge is 0.464 e. The van der Waals surface area contributed by atoms with Crippen LogP contribution in [0.1, 0.15) is 42.1 Å². The van der Waals surface area contributed by atoms with E-state index in [1.807, 2.05) is 32.0 Å². The second kappa shape index (κ2) is 6.55. The van der Waals surface area contributed by atoms with Crippen LogP contribution in [-0.4, -0.2) is 36.0 Å². The van der Waals surface area contributed by atoms with Gasteiger partial charge < -0.3 is 9.64 Å². The number of hydrogen-bond donors (Lipinski definition) is 0. The highest BCUT2D eigenvalue weighted by molar-refractivity contribution is 5.97. The van der Waals surface area contributed by atoms with E-state index in [2.05, 4.69) is 0 Å². The smallest absolute Gasteiger partial charge is 0.328 e. The summed E-state index contributed by atoms with van der Waals surface area (Å²) in [7, 11) is 0. The van der Waals surface area contributed by atoms with Gasteiger partial charge in [-0.25, -0.2) is 4.79 Å². The van der Waals surface area contributed by atoms with Crippen molar-refractivity contribution in [1.29, 1.82) is 0 Å². The summed E-state index contributed by atoms with van der Waals surface area (Å²) in [6.45, 7) is 4.95. The Morgan fingerprint density at radius 3 is 2.90 bits per heavy atom. The molecule has 4 heteroatoms. The van der Waals surface area contributed by atoms with Gasteiger partial charge in [0, 0.05) is 12.1 Å². The molecule has 0 spiro atoms. The first kappa shape index (κ1) is 14.6. The van der Waals surface area contributed by atoms with Gasteiger partial charge in [0.05, 0.1) is 6.61 Å². The first-order valence-corrected chi connectivity index (χ1v) is 7.17. The van der Waals surface area contributed by atoms with Crippen molar-refractivity contribution in [3.05, 3.63) is 35.4 Å². The first-order valence-electron chi connectivity index (χ1n) is 7.17. The number of carbonyl (C=O) groups excluding carboxylic acids is 2. The SMILES string of the molecule is CCCOC(=O)C1CCCN1C(=O)c1cccc(C)c1. The van der Waals surface area contributed by atoms with Gasteiger partial charge in [0.2, 0.25) is 0 Å². The predicted molar refractivity (Wildman–Crippen MR) is 76.5 cm³/mol. The molecule has 2 rings (SSSR count). The van der Waals surface area contributed by atoms with Crippen LogP contribution < -0.4 is 0 Å². The lowest BCUT2D eigenvalue weighted by molar-refractivity contribution is -0.148. The molecular formula is C16H21NO3. The summed E-state index contributed by atoms with van der Waals surface area (Å²) in [6.07, 6.45) is 2.34. The Labute approximate surface area is 119 Å². The molecule has 20 heavy (non-hydrogen) atoms. The minimum Gasteiger partial charge on any atom is -0.464 e. The predicted octanol–water partition coefficient (Wildman–Crippen LogP) is 2.55. The zero-order chi connectivity index (χ0) is 14.5. The van der Waals surface area contributed by atoms with Crippen LogP contribution >= 0.6 is 0 Å². The molecule has 0 aliphatic carbocycles. The van der Waals surface area contributed by atoms with Gasteiger partial charge in [-0.2, -0.15) is 0 Å². The third kappa shape index (κ3) is 3.18. The zero-order valence-corrected chi connectivity index (χ0v) is 12.1. The molecule has 0 aromatic heterocycles. The highest BCUT2D eigenvalue weighted by Gasteiger charge is 2.35. The van der Waals surface area contributed by atoms with Crippen molar-refractivity contribution in [1.82, 2.24) is 4.90 Å². The molecule has 1 amide bonds. The summed E-state index contributed by atoms with van der Waals surface area (Å²) in [4.78, 5) is 26.2. The van der Waals surface area contributed by atoms with Gasteiger partial charge in [-0.3, -0.25) is 4.79 Å². The molecule has 1 aliphatic rings. The fourth-order valence-corrected chi connectivity index (χ4v) is 2.50. The maximum absolute atomic E-state index is 12.5. The number of ether oxygens (including phenoxy) is 1. The van der Waals surface area contributed by atoms with Crippen LogP contribution in [-0.2, 0) is 9.53 Å². The summed E-state index contributed by atoms with van der Waals surface area (Å²) in [5, 5.41) is 0. The average Bonchev–Trinajstić information content (AvgIpc) is 2.93. The van der Waals surface area contributed by atoms with Gasteiger partial charge in [0.1, 0.15) is 6.04 Å². The highest BCUT2D eigenvalue weighted by atomic mass is 16.5. The van der Waals surface area contributed by atoms with Gasteiger partial charge in [-0.1, -0.05) is 24.6 Å². The summed E-state index contributed by atoms with van der Waals surface area (Å²) in [5.41, 5.74) is 1.68. The van der Waals surface area contributed by atoms with Crippen LogP contribution in [0, 0.1) is 6.92 Å². The van der Waals surface area contributed by atoms with Gasteiger partial charge in [-0.05, 0) is 38.3 Å². The van der Waals surface area contributed by atoms with E-state index >= 15 is 0 Å². The van der Waals surface area contributed by atoms with Crippen LogP contribution in [0.5, 0.6) is 0 Å². The fraction of sp³-hybridized carbons (Fsp3) is 0.500. The number of rotatable bonds is 4. The van der Waals surface area contributed by atoms with E-state index in [0.717, 1.165) is 18.4 Å². The van der Waals surface area contributed by atoms with Gasteiger partial charge in [0.15, 0.2) is 0 Å². The monoisotopic (exact) mass is 275 g/mol. The summed E-state index contributed by atoms with van der Waals surface area (Å²) in [6, 6.07) is 7.04. The van der Waals surface area contributed by atoms with Crippen molar-refractivity contribution in [3.63, 3.8) is 0 Å². The first-order chi connectivity index (χ1) is 9.63. The van der Waals surface area contributed by atoms with E-state index in [-0.39, 0.29) is 11.9 Å². The molecule has 1 atom stereocenters. The molecule has 108 valence electrons. The fourth-order valence-electron chi connectivity index (χ4n) is 2.50. The molecule has 1 saturated heterocycles. The van der Waals surface area contributed by atoms with Crippen LogP contribution in [0.3, 0.4) is 0 Å². The Bertz CT molecular complexity index is 498. The minimum absolute atomic E-state index is 0.0790. The quantitative estimate of drug-likeness (QED) is 0.793. The van der Waals surface area contributed by atoms with E-state index in [1.165, 1.54) is 0 Å². The van der Waals surface area contributed by atoms with Gasteiger partial charge >= 0.3 is 5.97 Å². The number of amides is 1. The molecule has 0 saturated carbocycles. The molecular weight excluding hydrogens is 254 g/mol. The second-order valence-electron chi connectivity index (χ2n) is 5.19. The summed E-state index contributed by atoms with van der Waals surface area (Å²) < 4.78 is 5.18. The van der Waals surface area contributed by atoms with E-state index < -0.39 is 6.04 Å². The topological polar surface area (TPSA) is 46.6 Å². The lowest BCUT2D eigenvalue weighted by Gasteiger charge is -2.23. The Kier molecular flexibility index (Phi) is 4.77. The molecule has 1 aromatic rings. The van der Waals surface area contributed by atoms with Crippen LogP contribution in [0.25, 0.3) is 0 Å². The molecule has 0 radical (unpaired) electrons. The molecule has 1 heterocycles. The molecule has 0 N–H and O–H groups in total. The molecule has 1 aromatic carbocycles. The standard InChI is InChI=1S/C16H21NO3/c1-3-10-20-16(19)14-8-5-9-17(14)15(18)13-7-4-6-12(2)11-13/h4,6-7,11,14H,3,5,8-10H2,1-2H3. The molecule has 4 nitrogen and oxygen atoms in total. The Morgan fingerprint density at radius 1 is 1.40 bits per heavy atom. The van der Waals surface area contributed by atoms with Crippen molar-refractivity contribution in [2.24, 2.45) is 0 Å². The van der Waals surface area contributed by atoms with E-state index in [9.17, 15) is 9.59 Å². The van der Waals surface area contributed by atoms with Crippen molar-refractivity contribution in [2.45, 2.75) is 39.2 Å². The van der Waals surface area contributed by atoms with E-state index in [0.29, 0.717) is 25.1 Å². The number of likely N-dealkylation sites (tertiary alicyclic amines) is 1. The normalized spacial score (nSPS) is 18.1. The van der Waals surface area contributed by atoms with Crippen LogP contribution in [0.2, 0.25) is 0 Å². The molecule has 1 aliphatic heterocycles. The van der Waals surface area contributed by atoms with Crippen molar-refractivity contribution in [3.8, 4) is 0 Å². The lowest BCUT2D eigenvalue weighted by Crippen LogP contribution is -2.41. The lowest BCUT2D eigenvalue weighted by atomic mass is 10.1. The van der Waals surface area contributed by atoms with Gasteiger partial charge in [-0.15, -0.1) is 0 Å². The second-order valence-corrected chi connectivity index (χ2v) is 5.19. The maximum Gasteiger partial charge on any atom is 0.328 e. The highest BCUT2D eigenvalue weighted by Crippen LogP contribution is 2.21. The third-order valence-corrected chi connectivity index (χ3v) is 3.50. The number of benzene rings is 1. The number of esters is 1. The van der Waals surface area contributed by atoms with E-state index in [1.54, 1.807) is 11.0 Å². The van der Waals surface area contributed by atoms with Gasteiger partial charge in [0.25, 0.3) is 5.91 Å². The molecule has 1 unspecified atom stereocenters.